The lowest BCUT2D eigenvalue weighted by Crippen LogP contribution is -2.22. The number of aromatic nitrogens is 3. The van der Waals surface area contributed by atoms with Crippen LogP contribution in [0.1, 0.15) is 25.0 Å². The summed E-state index contributed by atoms with van der Waals surface area (Å²) in [7, 11) is 0. The number of rotatable bonds is 9. The molecular formula is C23H26ClN5O2. The first-order chi connectivity index (χ1) is 15.2. The van der Waals surface area contributed by atoms with Crippen LogP contribution in [0.5, 0.6) is 5.75 Å². The van der Waals surface area contributed by atoms with Gasteiger partial charge in [-0.05, 0) is 69.2 Å². The van der Waals surface area contributed by atoms with Crippen molar-refractivity contribution in [1.29, 1.82) is 0 Å². The van der Waals surface area contributed by atoms with E-state index in [-0.39, 0.29) is 12.2 Å². The monoisotopic (exact) mass is 439 g/mol. The maximum atomic E-state index is 12.5. The van der Waals surface area contributed by atoms with E-state index in [4.69, 9.17) is 16.3 Å². The minimum atomic E-state index is -0.185. The Labute approximate surface area is 186 Å². The van der Waals surface area contributed by atoms with Gasteiger partial charge in [-0.1, -0.05) is 11.6 Å². The van der Waals surface area contributed by atoms with E-state index in [1.165, 1.54) is 36.6 Å². The molecule has 4 heterocycles. The lowest BCUT2D eigenvalue weighted by molar-refractivity contribution is 0.300. The summed E-state index contributed by atoms with van der Waals surface area (Å²) in [5, 5.41) is 3.92. The van der Waals surface area contributed by atoms with Crippen LogP contribution >= 0.6 is 11.6 Å². The van der Waals surface area contributed by atoms with Gasteiger partial charge in [0, 0.05) is 25.0 Å². The SMILES string of the molecule is O=c1cc(OCc2ccc(Cl)cn2)ccn1-c1ccc(NCCCN2CCCC2)nc1. The summed E-state index contributed by atoms with van der Waals surface area (Å²) < 4.78 is 7.21. The molecule has 3 aromatic heterocycles. The average Bonchev–Trinajstić information content (AvgIpc) is 3.31. The largest absolute Gasteiger partial charge is 0.487 e. The van der Waals surface area contributed by atoms with Gasteiger partial charge in [-0.2, -0.15) is 0 Å². The molecule has 31 heavy (non-hydrogen) atoms. The van der Waals surface area contributed by atoms with E-state index in [9.17, 15) is 4.79 Å². The molecule has 1 N–H and O–H groups in total. The molecule has 1 aliphatic rings. The molecule has 0 bridgehead atoms. The summed E-state index contributed by atoms with van der Waals surface area (Å²) in [5.74, 6) is 1.30. The molecule has 0 atom stereocenters. The average molecular weight is 440 g/mol. The van der Waals surface area contributed by atoms with Crippen molar-refractivity contribution in [1.82, 2.24) is 19.4 Å². The Bertz CT molecular complexity index is 1030. The Kier molecular flexibility index (Phi) is 7.17. The fourth-order valence-electron chi connectivity index (χ4n) is 3.57. The molecule has 0 aliphatic carbocycles. The first-order valence-corrected chi connectivity index (χ1v) is 10.9. The molecule has 0 saturated carbocycles. The van der Waals surface area contributed by atoms with Gasteiger partial charge < -0.3 is 15.0 Å². The third-order valence-electron chi connectivity index (χ3n) is 5.25. The summed E-state index contributed by atoms with van der Waals surface area (Å²) in [6.45, 7) is 4.73. The second-order valence-corrected chi connectivity index (χ2v) is 7.99. The normalized spacial score (nSPS) is 14.0. The van der Waals surface area contributed by atoms with Crippen LogP contribution < -0.4 is 15.6 Å². The predicted octanol–water partition coefficient (Wildman–Crippen LogP) is 3.76. The number of anilines is 1. The standard InChI is InChI=1S/C23H26ClN5O2/c24-18-4-5-19(26-15-18)17-31-21-8-13-29(23(30)14-21)20-6-7-22(27-16-20)25-9-3-12-28-10-1-2-11-28/h4-8,13-16H,1-3,9-12,17H2,(H,25,27). The van der Waals surface area contributed by atoms with E-state index in [0.29, 0.717) is 16.5 Å². The fourth-order valence-corrected chi connectivity index (χ4v) is 3.68. The zero-order chi connectivity index (χ0) is 21.5. The Morgan fingerprint density at radius 3 is 2.65 bits per heavy atom. The van der Waals surface area contributed by atoms with Crippen molar-refractivity contribution in [3.63, 3.8) is 0 Å². The number of hydrogen-bond donors (Lipinski definition) is 1. The number of hydrogen-bond acceptors (Lipinski definition) is 6. The van der Waals surface area contributed by atoms with Crippen molar-refractivity contribution in [2.75, 3.05) is 31.5 Å². The Morgan fingerprint density at radius 1 is 1.06 bits per heavy atom. The zero-order valence-corrected chi connectivity index (χ0v) is 18.1. The van der Waals surface area contributed by atoms with Gasteiger partial charge in [-0.15, -0.1) is 0 Å². The molecule has 8 heteroatoms. The van der Waals surface area contributed by atoms with Crippen LogP contribution in [0.2, 0.25) is 5.02 Å². The molecule has 7 nitrogen and oxygen atoms in total. The van der Waals surface area contributed by atoms with E-state index in [2.05, 4.69) is 20.2 Å². The molecule has 0 aromatic carbocycles. The summed E-state index contributed by atoms with van der Waals surface area (Å²) in [6.07, 6.45) is 8.69. The Morgan fingerprint density at radius 2 is 1.94 bits per heavy atom. The number of ether oxygens (including phenoxy) is 1. The Balaban J connectivity index is 1.30. The number of halogens is 1. The van der Waals surface area contributed by atoms with Crippen molar-refractivity contribution in [2.24, 2.45) is 0 Å². The van der Waals surface area contributed by atoms with E-state index in [1.807, 2.05) is 12.1 Å². The second-order valence-electron chi connectivity index (χ2n) is 7.56. The number of nitrogens with zero attached hydrogens (tertiary/aromatic N) is 4. The van der Waals surface area contributed by atoms with Gasteiger partial charge in [0.05, 0.1) is 22.6 Å². The molecule has 0 spiro atoms. The molecular weight excluding hydrogens is 414 g/mol. The molecule has 1 fully saturated rings. The predicted molar refractivity (Wildman–Crippen MR) is 122 cm³/mol. The highest BCUT2D eigenvalue weighted by Crippen LogP contribution is 2.14. The summed E-state index contributed by atoms with van der Waals surface area (Å²) >= 11 is 5.83. The molecule has 1 saturated heterocycles. The van der Waals surface area contributed by atoms with Gasteiger partial charge in [0.2, 0.25) is 0 Å². The lowest BCUT2D eigenvalue weighted by Gasteiger charge is -2.14. The van der Waals surface area contributed by atoms with Gasteiger partial charge in [-0.25, -0.2) is 4.98 Å². The van der Waals surface area contributed by atoms with Crippen LogP contribution in [-0.2, 0) is 6.61 Å². The highest BCUT2D eigenvalue weighted by Gasteiger charge is 2.10. The van der Waals surface area contributed by atoms with Gasteiger partial charge in [-0.3, -0.25) is 14.3 Å². The van der Waals surface area contributed by atoms with Gasteiger partial charge >= 0.3 is 0 Å². The van der Waals surface area contributed by atoms with Crippen LogP contribution in [0.25, 0.3) is 5.69 Å². The molecule has 1 aliphatic heterocycles. The Hall–Kier alpha value is -2.90. The van der Waals surface area contributed by atoms with Crippen molar-refractivity contribution in [3.8, 4) is 11.4 Å². The molecule has 0 amide bonds. The number of likely N-dealkylation sites (tertiary alicyclic amines) is 1. The fraction of sp³-hybridized carbons (Fsp3) is 0.348. The van der Waals surface area contributed by atoms with Crippen LogP contribution in [-0.4, -0.2) is 45.6 Å². The number of pyridine rings is 3. The van der Waals surface area contributed by atoms with E-state index >= 15 is 0 Å². The molecule has 162 valence electrons. The van der Waals surface area contributed by atoms with Crippen molar-refractivity contribution in [2.45, 2.75) is 25.9 Å². The van der Waals surface area contributed by atoms with E-state index < -0.39 is 0 Å². The van der Waals surface area contributed by atoms with Crippen LogP contribution in [0.15, 0.2) is 59.8 Å². The molecule has 3 aromatic rings. The minimum absolute atomic E-state index is 0.185. The highest BCUT2D eigenvalue weighted by molar-refractivity contribution is 6.30. The van der Waals surface area contributed by atoms with Crippen molar-refractivity contribution < 1.29 is 4.74 Å². The number of nitrogens with one attached hydrogen (secondary N) is 1. The third-order valence-corrected chi connectivity index (χ3v) is 5.47. The van der Waals surface area contributed by atoms with Crippen LogP contribution in [0.3, 0.4) is 0 Å². The van der Waals surface area contributed by atoms with Crippen molar-refractivity contribution >= 4 is 17.4 Å². The quantitative estimate of drug-likeness (QED) is 0.512. The first kappa shape index (κ1) is 21.3. The summed E-state index contributed by atoms with van der Waals surface area (Å²) in [4.78, 5) is 23.6. The third kappa shape index (κ3) is 6.06. The van der Waals surface area contributed by atoms with Gasteiger partial charge in [0.15, 0.2) is 0 Å². The van der Waals surface area contributed by atoms with Crippen LogP contribution in [0.4, 0.5) is 5.82 Å². The maximum Gasteiger partial charge on any atom is 0.258 e. The van der Waals surface area contributed by atoms with E-state index in [0.717, 1.165) is 31.0 Å². The smallest absolute Gasteiger partial charge is 0.258 e. The lowest BCUT2D eigenvalue weighted by atomic mass is 10.3. The van der Waals surface area contributed by atoms with Gasteiger partial charge in [0.25, 0.3) is 5.56 Å². The first-order valence-electron chi connectivity index (χ1n) is 10.6. The molecule has 4 rings (SSSR count). The molecule has 0 radical (unpaired) electrons. The highest BCUT2D eigenvalue weighted by atomic mass is 35.5. The van der Waals surface area contributed by atoms with Gasteiger partial charge in [0.1, 0.15) is 18.2 Å². The van der Waals surface area contributed by atoms with Crippen LogP contribution in [0, 0.1) is 0 Å². The molecule has 0 unspecified atom stereocenters. The van der Waals surface area contributed by atoms with Crippen molar-refractivity contribution in [3.05, 3.63) is 76.1 Å². The second kappa shape index (κ2) is 10.4. The summed E-state index contributed by atoms with van der Waals surface area (Å²) in [5.41, 5.74) is 1.26. The maximum absolute atomic E-state index is 12.5. The topological polar surface area (TPSA) is 72.3 Å². The summed E-state index contributed by atoms with van der Waals surface area (Å²) in [6, 6.07) is 10.5. The minimum Gasteiger partial charge on any atom is -0.487 e. The zero-order valence-electron chi connectivity index (χ0n) is 17.3. The van der Waals surface area contributed by atoms with E-state index in [1.54, 1.807) is 36.8 Å².